The number of halogens is 3. The number of nitrogens with one attached hydrogen (secondary N) is 1. The molecule has 1 aromatic heterocycles. The smallest absolute Gasteiger partial charge is 0.393 e. The second kappa shape index (κ2) is 7.49. The van der Waals surface area contributed by atoms with Crippen molar-refractivity contribution in [2.45, 2.75) is 39.0 Å². The van der Waals surface area contributed by atoms with Crippen LogP contribution in [0.2, 0.25) is 0 Å². The van der Waals surface area contributed by atoms with Crippen molar-refractivity contribution in [1.29, 1.82) is 0 Å². The molecule has 0 bridgehead atoms. The molecule has 0 radical (unpaired) electrons. The van der Waals surface area contributed by atoms with Crippen LogP contribution in [0.5, 0.6) is 0 Å². The van der Waals surface area contributed by atoms with E-state index in [2.05, 4.69) is 10.3 Å². The molecular weight excluding hydrogens is 283 g/mol. The average molecular weight is 305 g/mol. The molecule has 1 heterocycles. The van der Waals surface area contributed by atoms with Crippen LogP contribution in [0, 0.1) is 0 Å². The van der Waals surface area contributed by atoms with Crippen molar-refractivity contribution in [3.05, 3.63) is 17.7 Å². The van der Waals surface area contributed by atoms with E-state index in [1.54, 1.807) is 18.9 Å². The highest BCUT2D eigenvalue weighted by Gasteiger charge is 2.32. The lowest BCUT2D eigenvalue weighted by molar-refractivity contribution is -0.137. The summed E-state index contributed by atoms with van der Waals surface area (Å²) in [5.74, 6) is 0.453. The van der Waals surface area contributed by atoms with E-state index in [1.165, 1.54) is 0 Å². The summed E-state index contributed by atoms with van der Waals surface area (Å²) in [7, 11) is 1.66. The second-order valence-electron chi connectivity index (χ2n) is 5.08. The molecular formula is C14H22F3N3O. The Morgan fingerprint density at radius 1 is 1.38 bits per heavy atom. The number of aliphatic hydroxyl groups excluding tert-OH is 1. The fourth-order valence-electron chi connectivity index (χ4n) is 1.71. The SMILES string of the molecule is CCCNc1cc(C(F)(F)F)cc(N(C)CCC(C)O)n1. The van der Waals surface area contributed by atoms with Gasteiger partial charge in [0, 0.05) is 20.1 Å². The van der Waals surface area contributed by atoms with Crippen molar-refractivity contribution < 1.29 is 18.3 Å². The third kappa shape index (κ3) is 5.79. The van der Waals surface area contributed by atoms with Gasteiger partial charge in [-0.3, -0.25) is 0 Å². The lowest BCUT2D eigenvalue weighted by Gasteiger charge is -2.21. The number of rotatable bonds is 7. The number of pyridine rings is 1. The van der Waals surface area contributed by atoms with Crippen molar-refractivity contribution in [2.75, 3.05) is 30.4 Å². The number of aromatic nitrogens is 1. The van der Waals surface area contributed by atoms with E-state index in [0.717, 1.165) is 18.6 Å². The minimum atomic E-state index is -4.41. The Morgan fingerprint density at radius 2 is 2.05 bits per heavy atom. The van der Waals surface area contributed by atoms with E-state index in [9.17, 15) is 18.3 Å². The Kier molecular flexibility index (Phi) is 6.26. The Labute approximate surface area is 123 Å². The van der Waals surface area contributed by atoms with Crippen molar-refractivity contribution in [3.63, 3.8) is 0 Å². The maximum Gasteiger partial charge on any atom is 0.416 e. The Hall–Kier alpha value is -1.50. The summed E-state index contributed by atoms with van der Waals surface area (Å²) in [5, 5.41) is 12.1. The van der Waals surface area contributed by atoms with Crippen LogP contribution in [0.15, 0.2) is 12.1 Å². The largest absolute Gasteiger partial charge is 0.416 e. The fourth-order valence-corrected chi connectivity index (χ4v) is 1.71. The van der Waals surface area contributed by atoms with Crippen molar-refractivity contribution in [2.24, 2.45) is 0 Å². The predicted molar refractivity (Wildman–Crippen MR) is 77.6 cm³/mol. The maximum atomic E-state index is 12.9. The highest BCUT2D eigenvalue weighted by molar-refractivity contribution is 5.51. The maximum absolute atomic E-state index is 12.9. The molecule has 0 saturated heterocycles. The summed E-state index contributed by atoms with van der Waals surface area (Å²) < 4.78 is 38.8. The summed E-state index contributed by atoms with van der Waals surface area (Å²) in [5.41, 5.74) is -0.727. The number of anilines is 2. The Morgan fingerprint density at radius 3 is 2.57 bits per heavy atom. The van der Waals surface area contributed by atoms with Gasteiger partial charge in [-0.2, -0.15) is 13.2 Å². The van der Waals surface area contributed by atoms with Crippen LogP contribution in [0.4, 0.5) is 24.8 Å². The van der Waals surface area contributed by atoms with Gasteiger partial charge in [0.2, 0.25) is 0 Å². The molecule has 0 fully saturated rings. The molecule has 0 aromatic carbocycles. The molecule has 0 amide bonds. The summed E-state index contributed by atoms with van der Waals surface area (Å²) in [6, 6.07) is 2.04. The van der Waals surface area contributed by atoms with Crippen molar-refractivity contribution in [1.82, 2.24) is 4.98 Å². The van der Waals surface area contributed by atoms with Crippen LogP contribution in [-0.2, 0) is 6.18 Å². The standard InChI is InChI=1S/C14H22F3N3O/c1-4-6-18-12-8-11(14(15,16)17)9-13(19-12)20(3)7-5-10(2)21/h8-10,21H,4-7H2,1-3H3,(H,18,19). The van der Waals surface area contributed by atoms with E-state index in [4.69, 9.17) is 0 Å². The number of nitrogens with zero attached hydrogens (tertiary/aromatic N) is 2. The lowest BCUT2D eigenvalue weighted by atomic mass is 10.2. The zero-order chi connectivity index (χ0) is 16.0. The van der Waals surface area contributed by atoms with Crippen LogP contribution in [-0.4, -0.2) is 36.3 Å². The van der Waals surface area contributed by atoms with Gasteiger partial charge in [-0.25, -0.2) is 4.98 Å². The number of aliphatic hydroxyl groups is 1. The van der Waals surface area contributed by atoms with E-state index >= 15 is 0 Å². The number of alkyl halides is 3. The first-order chi connectivity index (χ1) is 9.74. The van der Waals surface area contributed by atoms with Gasteiger partial charge in [-0.1, -0.05) is 6.92 Å². The van der Waals surface area contributed by atoms with Crippen LogP contribution < -0.4 is 10.2 Å². The van der Waals surface area contributed by atoms with E-state index in [-0.39, 0.29) is 11.6 Å². The van der Waals surface area contributed by atoms with Gasteiger partial charge in [0.05, 0.1) is 11.7 Å². The van der Waals surface area contributed by atoms with Crippen LogP contribution >= 0.6 is 0 Å². The Bertz CT molecular complexity index is 450. The molecule has 1 rings (SSSR count). The second-order valence-corrected chi connectivity index (χ2v) is 5.08. The van der Waals surface area contributed by atoms with Crippen molar-refractivity contribution >= 4 is 11.6 Å². The first-order valence-electron chi connectivity index (χ1n) is 6.96. The molecule has 120 valence electrons. The van der Waals surface area contributed by atoms with Crippen LogP contribution in [0.25, 0.3) is 0 Å². The fraction of sp³-hybridized carbons (Fsp3) is 0.643. The third-order valence-electron chi connectivity index (χ3n) is 2.97. The molecule has 0 spiro atoms. The van der Waals surface area contributed by atoms with Crippen molar-refractivity contribution in [3.8, 4) is 0 Å². The van der Waals surface area contributed by atoms with E-state index in [1.807, 2.05) is 6.92 Å². The molecule has 0 aliphatic heterocycles. The Balaban J connectivity index is 3.00. The molecule has 1 atom stereocenters. The number of hydrogen-bond acceptors (Lipinski definition) is 4. The summed E-state index contributed by atoms with van der Waals surface area (Å²) in [6.45, 7) is 4.56. The predicted octanol–water partition coefficient (Wildman–Crippen LogP) is 3.13. The van der Waals surface area contributed by atoms with Gasteiger partial charge in [-0.05, 0) is 31.9 Å². The highest BCUT2D eigenvalue weighted by Crippen LogP contribution is 2.32. The minimum absolute atomic E-state index is 0.213. The van der Waals surface area contributed by atoms with Gasteiger partial charge in [-0.15, -0.1) is 0 Å². The van der Waals surface area contributed by atoms with Crippen LogP contribution in [0.3, 0.4) is 0 Å². The van der Waals surface area contributed by atoms with Gasteiger partial charge >= 0.3 is 6.18 Å². The molecule has 1 aromatic rings. The third-order valence-corrected chi connectivity index (χ3v) is 2.97. The van der Waals surface area contributed by atoms with Gasteiger partial charge in [0.25, 0.3) is 0 Å². The molecule has 1 unspecified atom stereocenters. The topological polar surface area (TPSA) is 48.4 Å². The molecule has 2 N–H and O–H groups in total. The van der Waals surface area contributed by atoms with Gasteiger partial charge in [0.15, 0.2) is 0 Å². The van der Waals surface area contributed by atoms with E-state index in [0.29, 0.717) is 19.5 Å². The zero-order valence-electron chi connectivity index (χ0n) is 12.5. The number of hydrogen-bond donors (Lipinski definition) is 2. The highest BCUT2D eigenvalue weighted by atomic mass is 19.4. The minimum Gasteiger partial charge on any atom is -0.393 e. The van der Waals surface area contributed by atoms with E-state index < -0.39 is 17.8 Å². The first kappa shape index (κ1) is 17.6. The molecule has 0 aliphatic carbocycles. The molecule has 0 aliphatic rings. The monoisotopic (exact) mass is 305 g/mol. The van der Waals surface area contributed by atoms with Gasteiger partial charge in [0.1, 0.15) is 11.6 Å². The first-order valence-corrected chi connectivity index (χ1v) is 6.96. The quantitative estimate of drug-likeness (QED) is 0.812. The zero-order valence-corrected chi connectivity index (χ0v) is 12.5. The normalized spacial score (nSPS) is 13.1. The summed E-state index contributed by atoms with van der Waals surface area (Å²) >= 11 is 0. The molecule has 0 saturated carbocycles. The molecule has 21 heavy (non-hydrogen) atoms. The average Bonchev–Trinajstić information content (AvgIpc) is 2.41. The van der Waals surface area contributed by atoms with Crippen LogP contribution in [0.1, 0.15) is 32.3 Å². The van der Waals surface area contributed by atoms with Gasteiger partial charge < -0.3 is 15.3 Å². The summed E-state index contributed by atoms with van der Waals surface area (Å²) in [6.07, 6.45) is -3.65. The molecule has 7 heteroatoms. The lowest BCUT2D eigenvalue weighted by Crippen LogP contribution is -2.24. The summed E-state index contributed by atoms with van der Waals surface area (Å²) in [4.78, 5) is 5.81. The molecule has 4 nitrogen and oxygen atoms in total.